The molecule has 0 spiro atoms. The molecular formula is C12H21N5O. The van der Waals surface area contributed by atoms with Crippen molar-refractivity contribution in [2.24, 2.45) is 7.05 Å². The number of nitrogens with one attached hydrogen (secondary N) is 2. The highest BCUT2D eigenvalue weighted by Gasteiger charge is 2.20. The Morgan fingerprint density at radius 2 is 2.44 bits per heavy atom. The minimum atomic E-state index is 0.0201. The number of amides is 1. The highest BCUT2D eigenvalue weighted by atomic mass is 16.2. The molecule has 0 saturated carbocycles. The SMILES string of the molecule is Cc1cc(NC(=O)CN2CCNC[C@H]2C)n(C)n1. The number of aryl methyl sites for hydroxylation is 2. The van der Waals surface area contributed by atoms with Crippen molar-refractivity contribution in [2.75, 3.05) is 31.5 Å². The van der Waals surface area contributed by atoms with Crippen molar-refractivity contribution < 1.29 is 4.79 Å². The third-order valence-electron chi connectivity index (χ3n) is 3.26. The third-order valence-corrected chi connectivity index (χ3v) is 3.26. The highest BCUT2D eigenvalue weighted by molar-refractivity contribution is 5.91. The number of piperazine rings is 1. The van der Waals surface area contributed by atoms with E-state index in [2.05, 4.69) is 27.6 Å². The molecule has 1 aliphatic rings. The summed E-state index contributed by atoms with van der Waals surface area (Å²) in [4.78, 5) is 14.2. The van der Waals surface area contributed by atoms with Gasteiger partial charge in [0.25, 0.3) is 0 Å². The second kappa shape index (κ2) is 5.49. The average Bonchev–Trinajstić information content (AvgIpc) is 2.61. The maximum atomic E-state index is 12.0. The van der Waals surface area contributed by atoms with Gasteiger partial charge >= 0.3 is 0 Å². The van der Waals surface area contributed by atoms with Crippen molar-refractivity contribution in [3.8, 4) is 0 Å². The van der Waals surface area contributed by atoms with Gasteiger partial charge in [0.1, 0.15) is 5.82 Å². The lowest BCUT2D eigenvalue weighted by molar-refractivity contribution is -0.118. The first-order valence-corrected chi connectivity index (χ1v) is 6.31. The Hall–Kier alpha value is -1.40. The van der Waals surface area contributed by atoms with Gasteiger partial charge in [-0.15, -0.1) is 0 Å². The maximum absolute atomic E-state index is 12.0. The number of aromatic nitrogens is 2. The van der Waals surface area contributed by atoms with E-state index in [9.17, 15) is 4.79 Å². The fraction of sp³-hybridized carbons (Fsp3) is 0.667. The standard InChI is InChI=1S/C12H21N5O/c1-9-6-11(16(3)15-9)14-12(18)8-17-5-4-13-7-10(17)2/h6,10,13H,4-5,7-8H2,1-3H3,(H,14,18)/t10-/m1/s1. The molecule has 1 atom stereocenters. The van der Waals surface area contributed by atoms with Crippen LogP contribution in [0.15, 0.2) is 6.07 Å². The van der Waals surface area contributed by atoms with E-state index in [4.69, 9.17) is 0 Å². The minimum absolute atomic E-state index is 0.0201. The first-order chi connectivity index (χ1) is 8.56. The number of anilines is 1. The van der Waals surface area contributed by atoms with Gasteiger partial charge in [-0.25, -0.2) is 0 Å². The van der Waals surface area contributed by atoms with Crippen LogP contribution in [0.5, 0.6) is 0 Å². The Morgan fingerprint density at radius 3 is 3.06 bits per heavy atom. The Morgan fingerprint density at radius 1 is 1.67 bits per heavy atom. The molecule has 1 fully saturated rings. The van der Waals surface area contributed by atoms with Gasteiger partial charge in [0.15, 0.2) is 0 Å². The van der Waals surface area contributed by atoms with Gasteiger partial charge in [-0.1, -0.05) is 0 Å². The van der Waals surface area contributed by atoms with E-state index in [0.29, 0.717) is 12.6 Å². The zero-order valence-electron chi connectivity index (χ0n) is 11.2. The second-order valence-corrected chi connectivity index (χ2v) is 4.87. The summed E-state index contributed by atoms with van der Waals surface area (Å²) in [6.45, 7) is 7.29. The van der Waals surface area contributed by atoms with Crippen LogP contribution in [0.1, 0.15) is 12.6 Å². The van der Waals surface area contributed by atoms with Gasteiger partial charge in [0.05, 0.1) is 12.2 Å². The van der Waals surface area contributed by atoms with Crippen LogP contribution in [0.4, 0.5) is 5.82 Å². The predicted octanol–water partition coefficient (Wildman–Crippen LogP) is -0.0393. The Bertz CT molecular complexity index is 428. The van der Waals surface area contributed by atoms with Gasteiger partial charge in [-0.2, -0.15) is 5.10 Å². The molecule has 0 bridgehead atoms. The van der Waals surface area contributed by atoms with Crippen LogP contribution >= 0.6 is 0 Å². The van der Waals surface area contributed by atoms with Crippen molar-refractivity contribution >= 4 is 11.7 Å². The zero-order valence-corrected chi connectivity index (χ0v) is 11.2. The largest absolute Gasteiger partial charge is 0.314 e. The van der Waals surface area contributed by atoms with Crippen LogP contribution in [0.2, 0.25) is 0 Å². The Balaban J connectivity index is 1.90. The summed E-state index contributed by atoms with van der Waals surface area (Å²) < 4.78 is 1.69. The van der Waals surface area contributed by atoms with Crippen molar-refractivity contribution in [2.45, 2.75) is 19.9 Å². The molecule has 1 aromatic heterocycles. The lowest BCUT2D eigenvalue weighted by Gasteiger charge is -2.33. The summed E-state index contributed by atoms with van der Waals surface area (Å²) in [6.07, 6.45) is 0. The van der Waals surface area contributed by atoms with Gasteiger partial charge in [0.2, 0.25) is 5.91 Å². The van der Waals surface area contributed by atoms with Crippen molar-refractivity contribution in [3.05, 3.63) is 11.8 Å². The topological polar surface area (TPSA) is 62.2 Å². The molecular weight excluding hydrogens is 230 g/mol. The Labute approximate surface area is 107 Å². The van der Waals surface area contributed by atoms with Crippen LogP contribution in [0, 0.1) is 6.92 Å². The number of carbonyl (C=O) groups excluding carboxylic acids is 1. The molecule has 1 saturated heterocycles. The molecule has 6 nitrogen and oxygen atoms in total. The Kier molecular flexibility index (Phi) is 3.98. The van der Waals surface area contributed by atoms with Crippen LogP contribution in [0.3, 0.4) is 0 Å². The van der Waals surface area contributed by atoms with Crippen molar-refractivity contribution in [1.82, 2.24) is 20.0 Å². The van der Waals surface area contributed by atoms with Gasteiger partial charge in [0, 0.05) is 38.8 Å². The van der Waals surface area contributed by atoms with E-state index >= 15 is 0 Å². The first-order valence-electron chi connectivity index (χ1n) is 6.31. The summed E-state index contributed by atoms with van der Waals surface area (Å²) in [5.41, 5.74) is 0.906. The monoisotopic (exact) mass is 251 g/mol. The number of carbonyl (C=O) groups is 1. The van der Waals surface area contributed by atoms with Crippen LogP contribution in [0.25, 0.3) is 0 Å². The average molecular weight is 251 g/mol. The molecule has 2 N–H and O–H groups in total. The molecule has 0 aromatic carbocycles. The molecule has 2 rings (SSSR count). The number of hydrogen-bond donors (Lipinski definition) is 2. The smallest absolute Gasteiger partial charge is 0.239 e. The van der Waals surface area contributed by atoms with E-state index in [0.717, 1.165) is 31.1 Å². The molecule has 2 heterocycles. The quantitative estimate of drug-likeness (QED) is 0.791. The van der Waals surface area contributed by atoms with Gasteiger partial charge in [-0.3, -0.25) is 14.4 Å². The van der Waals surface area contributed by atoms with E-state index in [1.165, 1.54) is 0 Å². The number of nitrogens with zero attached hydrogens (tertiary/aromatic N) is 3. The lowest BCUT2D eigenvalue weighted by atomic mass is 10.2. The van der Waals surface area contributed by atoms with Crippen LogP contribution in [-0.4, -0.2) is 52.8 Å². The fourth-order valence-electron chi connectivity index (χ4n) is 2.21. The summed E-state index contributed by atoms with van der Waals surface area (Å²) in [6, 6.07) is 2.27. The minimum Gasteiger partial charge on any atom is -0.314 e. The summed E-state index contributed by atoms with van der Waals surface area (Å²) in [7, 11) is 1.83. The molecule has 0 radical (unpaired) electrons. The van der Waals surface area contributed by atoms with E-state index in [-0.39, 0.29) is 5.91 Å². The summed E-state index contributed by atoms with van der Waals surface area (Å²) >= 11 is 0. The molecule has 1 aromatic rings. The van der Waals surface area contributed by atoms with Crippen molar-refractivity contribution in [3.63, 3.8) is 0 Å². The highest BCUT2D eigenvalue weighted by Crippen LogP contribution is 2.08. The van der Waals surface area contributed by atoms with Gasteiger partial charge < -0.3 is 10.6 Å². The van der Waals surface area contributed by atoms with Crippen LogP contribution < -0.4 is 10.6 Å². The summed E-state index contributed by atoms with van der Waals surface area (Å²) in [5.74, 6) is 0.770. The van der Waals surface area contributed by atoms with E-state index in [1.54, 1.807) is 4.68 Å². The van der Waals surface area contributed by atoms with E-state index < -0.39 is 0 Å². The number of rotatable bonds is 3. The summed E-state index contributed by atoms with van der Waals surface area (Å²) in [5, 5.41) is 10.4. The number of hydrogen-bond acceptors (Lipinski definition) is 4. The molecule has 1 aliphatic heterocycles. The molecule has 0 aliphatic carbocycles. The first kappa shape index (κ1) is 13.0. The fourth-order valence-corrected chi connectivity index (χ4v) is 2.21. The normalized spacial score (nSPS) is 20.9. The second-order valence-electron chi connectivity index (χ2n) is 4.87. The van der Waals surface area contributed by atoms with E-state index in [1.807, 2.05) is 20.0 Å². The molecule has 0 unspecified atom stereocenters. The molecule has 6 heteroatoms. The van der Waals surface area contributed by atoms with Gasteiger partial charge in [-0.05, 0) is 13.8 Å². The lowest BCUT2D eigenvalue weighted by Crippen LogP contribution is -2.52. The molecule has 1 amide bonds. The van der Waals surface area contributed by atoms with Crippen molar-refractivity contribution in [1.29, 1.82) is 0 Å². The maximum Gasteiger partial charge on any atom is 0.239 e. The molecule has 18 heavy (non-hydrogen) atoms. The molecule has 100 valence electrons. The third kappa shape index (κ3) is 3.08. The van der Waals surface area contributed by atoms with Crippen LogP contribution in [-0.2, 0) is 11.8 Å². The zero-order chi connectivity index (χ0) is 13.1. The predicted molar refractivity (Wildman–Crippen MR) is 70.5 cm³/mol.